The molecule has 34 heavy (non-hydrogen) atoms. The van der Waals surface area contributed by atoms with Crippen molar-refractivity contribution in [1.82, 2.24) is 4.90 Å². The van der Waals surface area contributed by atoms with Gasteiger partial charge in [-0.15, -0.1) is 0 Å². The molecule has 1 saturated heterocycles. The number of rotatable bonds is 7. The molecular weight excluding hydrogens is 438 g/mol. The molecule has 174 valence electrons. The third-order valence-corrected chi connectivity index (χ3v) is 7.17. The van der Waals surface area contributed by atoms with Crippen LogP contribution in [0.25, 0.3) is 10.8 Å². The summed E-state index contributed by atoms with van der Waals surface area (Å²) in [6.07, 6.45) is 5.31. The van der Waals surface area contributed by atoms with Crippen molar-refractivity contribution in [3.05, 3.63) is 113 Å². The van der Waals surface area contributed by atoms with E-state index in [-0.39, 0.29) is 5.92 Å². The molecule has 4 aromatic carbocycles. The highest BCUT2D eigenvalue weighted by atomic mass is 35.5. The molecule has 2 nitrogen and oxygen atoms in total. The van der Waals surface area contributed by atoms with Crippen molar-refractivity contribution in [3.8, 4) is 5.75 Å². The van der Waals surface area contributed by atoms with Crippen LogP contribution in [0, 0.1) is 0 Å². The molecule has 0 unspecified atom stereocenters. The van der Waals surface area contributed by atoms with Crippen molar-refractivity contribution in [1.29, 1.82) is 0 Å². The Hall–Kier alpha value is -2.81. The van der Waals surface area contributed by atoms with E-state index < -0.39 is 0 Å². The van der Waals surface area contributed by atoms with Crippen LogP contribution >= 0.6 is 11.6 Å². The standard InChI is InChI=1S/C31H32ClNO/c32-27-17-14-26(15-18-27)30(25-11-4-3-5-12-25)31-28-13-7-6-10-24(28)16-19-29(31)34-23-22-33-20-8-1-2-9-21-33/h3-7,10-19,30H,1-2,8-9,20-23H2/t30-/m0/s1. The molecule has 4 aromatic rings. The van der Waals surface area contributed by atoms with Crippen LogP contribution in [-0.2, 0) is 0 Å². The van der Waals surface area contributed by atoms with E-state index in [0.29, 0.717) is 6.61 Å². The summed E-state index contributed by atoms with van der Waals surface area (Å²) in [5.74, 6) is 1.02. The summed E-state index contributed by atoms with van der Waals surface area (Å²) >= 11 is 6.26. The predicted molar refractivity (Wildman–Crippen MR) is 143 cm³/mol. The molecule has 1 atom stereocenters. The Labute approximate surface area is 208 Å². The zero-order valence-electron chi connectivity index (χ0n) is 19.6. The molecule has 0 N–H and O–H groups in total. The Morgan fingerprint density at radius 2 is 1.38 bits per heavy atom. The van der Waals surface area contributed by atoms with E-state index in [1.54, 1.807) is 0 Å². The fourth-order valence-electron chi connectivity index (χ4n) is 5.17. The number of likely N-dealkylation sites (tertiary alicyclic amines) is 1. The second kappa shape index (κ2) is 11.1. The van der Waals surface area contributed by atoms with Gasteiger partial charge in [-0.3, -0.25) is 4.90 Å². The Morgan fingerprint density at radius 1 is 0.706 bits per heavy atom. The molecule has 3 heteroatoms. The topological polar surface area (TPSA) is 12.5 Å². The van der Waals surface area contributed by atoms with Gasteiger partial charge >= 0.3 is 0 Å². The highest BCUT2D eigenvalue weighted by Gasteiger charge is 2.23. The average molecular weight is 470 g/mol. The number of nitrogens with zero attached hydrogens (tertiary/aromatic N) is 1. The number of hydrogen-bond donors (Lipinski definition) is 0. The average Bonchev–Trinajstić information content (AvgIpc) is 3.16. The number of fused-ring (bicyclic) bond motifs is 1. The third kappa shape index (κ3) is 5.29. The van der Waals surface area contributed by atoms with Crippen LogP contribution in [0.4, 0.5) is 0 Å². The first-order valence-corrected chi connectivity index (χ1v) is 12.8. The summed E-state index contributed by atoms with van der Waals surface area (Å²) < 4.78 is 6.57. The normalized spacial score (nSPS) is 15.7. The molecule has 1 aliphatic heterocycles. The summed E-state index contributed by atoms with van der Waals surface area (Å²) in [7, 11) is 0. The van der Waals surface area contributed by atoms with Crippen LogP contribution < -0.4 is 4.74 Å². The SMILES string of the molecule is Clc1ccc([C@H](c2ccccc2)c2c(OCCN3CCCCCC3)ccc3ccccc23)cc1. The van der Waals surface area contributed by atoms with Gasteiger partial charge in [0.1, 0.15) is 12.4 Å². The molecule has 0 radical (unpaired) electrons. The van der Waals surface area contributed by atoms with E-state index in [2.05, 4.69) is 83.8 Å². The molecule has 0 spiro atoms. The fourth-order valence-corrected chi connectivity index (χ4v) is 5.30. The molecule has 0 bridgehead atoms. The van der Waals surface area contributed by atoms with E-state index >= 15 is 0 Å². The Balaban J connectivity index is 1.55. The lowest BCUT2D eigenvalue weighted by atomic mass is 9.82. The largest absolute Gasteiger partial charge is 0.492 e. The first-order chi connectivity index (χ1) is 16.8. The minimum Gasteiger partial charge on any atom is -0.492 e. The Morgan fingerprint density at radius 3 is 2.15 bits per heavy atom. The molecule has 0 saturated carbocycles. The van der Waals surface area contributed by atoms with Crippen molar-refractivity contribution >= 4 is 22.4 Å². The van der Waals surface area contributed by atoms with E-state index in [1.165, 1.54) is 66.2 Å². The highest BCUT2D eigenvalue weighted by Crippen LogP contribution is 2.42. The highest BCUT2D eigenvalue weighted by molar-refractivity contribution is 6.30. The van der Waals surface area contributed by atoms with Gasteiger partial charge in [0.25, 0.3) is 0 Å². The van der Waals surface area contributed by atoms with Gasteiger partial charge < -0.3 is 4.74 Å². The molecule has 0 amide bonds. The molecule has 1 heterocycles. The maximum absolute atomic E-state index is 6.57. The lowest BCUT2D eigenvalue weighted by Crippen LogP contribution is -2.29. The van der Waals surface area contributed by atoms with Gasteiger partial charge in [-0.1, -0.05) is 97.2 Å². The summed E-state index contributed by atoms with van der Waals surface area (Å²) in [6, 6.07) is 31.9. The van der Waals surface area contributed by atoms with E-state index in [4.69, 9.17) is 16.3 Å². The Kier molecular flexibility index (Phi) is 7.48. The third-order valence-electron chi connectivity index (χ3n) is 6.92. The van der Waals surface area contributed by atoms with E-state index in [9.17, 15) is 0 Å². The van der Waals surface area contributed by atoms with Crippen LogP contribution in [0.15, 0.2) is 91.0 Å². The van der Waals surface area contributed by atoms with Gasteiger partial charge in [0, 0.05) is 23.0 Å². The summed E-state index contributed by atoms with van der Waals surface area (Å²) in [5.41, 5.74) is 3.69. The van der Waals surface area contributed by atoms with Crippen LogP contribution in [-0.4, -0.2) is 31.1 Å². The molecule has 1 fully saturated rings. The molecule has 0 aromatic heterocycles. The zero-order valence-corrected chi connectivity index (χ0v) is 20.4. The van der Waals surface area contributed by atoms with Gasteiger partial charge in [0.05, 0.1) is 0 Å². The van der Waals surface area contributed by atoms with Crippen LogP contribution in [0.3, 0.4) is 0 Å². The zero-order chi connectivity index (χ0) is 23.2. The van der Waals surface area contributed by atoms with E-state index in [0.717, 1.165) is 17.3 Å². The minimum absolute atomic E-state index is 0.0535. The van der Waals surface area contributed by atoms with Crippen molar-refractivity contribution < 1.29 is 4.74 Å². The predicted octanol–water partition coefficient (Wildman–Crippen LogP) is 7.93. The van der Waals surface area contributed by atoms with Gasteiger partial charge in [-0.05, 0) is 66.0 Å². The maximum Gasteiger partial charge on any atom is 0.124 e. The second-order valence-corrected chi connectivity index (χ2v) is 9.63. The summed E-state index contributed by atoms with van der Waals surface area (Å²) in [5, 5.41) is 3.22. The Bertz CT molecular complexity index is 1200. The molecule has 1 aliphatic rings. The number of hydrogen-bond acceptors (Lipinski definition) is 2. The quantitative estimate of drug-likeness (QED) is 0.255. The maximum atomic E-state index is 6.57. The lowest BCUT2D eigenvalue weighted by Gasteiger charge is -2.25. The first-order valence-electron chi connectivity index (χ1n) is 12.5. The number of benzene rings is 4. The van der Waals surface area contributed by atoms with Crippen LogP contribution in [0.5, 0.6) is 5.75 Å². The molecule has 0 aliphatic carbocycles. The summed E-state index contributed by atoms with van der Waals surface area (Å²) in [6.45, 7) is 4.05. The van der Waals surface area contributed by atoms with E-state index in [1.807, 2.05) is 12.1 Å². The summed E-state index contributed by atoms with van der Waals surface area (Å²) in [4.78, 5) is 2.56. The monoisotopic (exact) mass is 469 g/mol. The fraction of sp³-hybridized carbons (Fsp3) is 0.290. The van der Waals surface area contributed by atoms with Gasteiger partial charge in [0.2, 0.25) is 0 Å². The smallest absolute Gasteiger partial charge is 0.124 e. The van der Waals surface area contributed by atoms with Gasteiger partial charge in [-0.2, -0.15) is 0 Å². The van der Waals surface area contributed by atoms with Crippen LogP contribution in [0.2, 0.25) is 5.02 Å². The van der Waals surface area contributed by atoms with Crippen molar-refractivity contribution in [2.24, 2.45) is 0 Å². The molecule has 5 rings (SSSR count). The number of ether oxygens (including phenoxy) is 1. The lowest BCUT2D eigenvalue weighted by molar-refractivity contribution is 0.213. The van der Waals surface area contributed by atoms with Crippen molar-refractivity contribution in [3.63, 3.8) is 0 Å². The van der Waals surface area contributed by atoms with Gasteiger partial charge in [-0.25, -0.2) is 0 Å². The first kappa shape index (κ1) is 23.0. The van der Waals surface area contributed by atoms with Gasteiger partial charge in [0.15, 0.2) is 0 Å². The second-order valence-electron chi connectivity index (χ2n) is 9.20. The minimum atomic E-state index is 0.0535. The molecular formula is C31H32ClNO. The van der Waals surface area contributed by atoms with Crippen LogP contribution in [0.1, 0.15) is 48.3 Å². The van der Waals surface area contributed by atoms with Crippen molar-refractivity contribution in [2.75, 3.05) is 26.2 Å². The van der Waals surface area contributed by atoms with Crippen molar-refractivity contribution in [2.45, 2.75) is 31.6 Å². The number of halogens is 1.